The summed E-state index contributed by atoms with van der Waals surface area (Å²) in [6, 6.07) is 15.1. The van der Waals surface area contributed by atoms with Crippen molar-refractivity contribution in [2.75, 3.05) is 10.6 Å². The summed E-state index contributed by atoms with van der Waals surface area (Å²) in [6.07, 6.45) is 0. The lowest BCUT2D eigenvalue weighted by atomic mass is 10.2. The topological polar surface area (TPSA) is 76.0 Å². The van der Waals surface area contributed by atoms with Crippen molar-refractivity contribution in [3.05, 3.63) is 76.5 Å². The predicted molar refractivity (Wildman–Crippen MR) is 117 cm³/mol. The molecule has 2 aromatic carbocycles. The molecule has 2 N–H and O–H groups in total. The Bertz CT molecular complexity index is 1230. The van der Waals surface area contributed by atoms with E-state index in [0.29, 0.717) is 22.8 Å². The molecule has 0 saturated heterocycles. The van der Waals surface area contributed by atoms with E-state index in [1.165, 1.54) is 30.4 Å². The molecule has 152 valence electrons. The highest BCUT2D eigenvalue weighted by Crippen LogP contribution is 2.29. The lowest BCUT2D eigenvalue weighted by Gasteiger charge is -2.06. The Labute approximate surface area is 176 Å². The molecular formula is C22H19FN4O2S. The zero-order valence-corrected chi connectivity index (χ0v) is 17.2. The van der Waals surface area contributed by atoms with Crippen LogP contribution in [0.25, 0.3) is 10.2 Å². The number of amides is 2. The van der Waals surface area contributed by atoms with Gasteiger partial charge >= 0.3 is 0 Å². The van der Waals surface area contributed by atoms with E-state index < -0.39 is 0 Å². The number of hydrogen-bond acceptors (Lipinski definition) is 4. The summed E-state index contributed by atoms with van der Waals surface area (Å²) in [5, 5.41) is 11.0. The number of benzene rings is 2. The lowest BCUT2D eigenvalue weighted by molar-refractivity contribution is -0.114. The van der Waals surface area contributed by atoms with Crippen LogP contribution in [-0.4, -0.2) is 21.6 Å². The van der Waals surface area contributed by atoms with Gasteiger partial charge in [0.2, 0.25) is 5.91 Å². The van der Waals surface area contributed by atoms with Gasteiger partial charge < -0.3 is 10.6 Å². The van der Waals surface area contributed by atoms with Gasteiger partial charge in [-0.1, -0.05) is 12.1 Å². The second-order valence-corrected chi connectivity index (χ2v) is 7.94. The van der Waals surface area contributed by atoms with Crippen molar-refractivity contribution >= 4 is 44.7 Å². The highest BCUT2D eigenvalue weighted by molar-refractivity contribution is 7.20. The second kappa shape index (κ2) is 8.08. The first kappa shape index (κ1) is 19.8. The van der Waals surface area contributed by atoms with Crippen molar-refractivity contribution < 1.29 is 14.0 Å². The Kier molecular flexibility index (Phi) is 5.33. The molecule has 0 fully saturated rings. The summed E-state index contributed by atoms with van der Waals surface area (Å²) in [5.41, 5.74) is 3.07. The maximum absolute atomic E-state index is 13.1. The molecule has 4 rings (SSSR count). The molecule has 0 aliphatic rings. The van der Waals surface area contributed by atoms with E-state index >= 15 is 0 Å². The third-order valence-corrected chi connectivity index (χ3v) is 5.69. The maximum atomic E-state index is 13.1. The van der Waals surface area contributed by atoms with Gasteiger partial charge in [-0.3, -0.25) is 14.3 Å². The van der Waals surface area contributed by atoms with Crippen molar-refractivity contribution in [3.63, 3.8) is 0 Å². The van der Waals surface area contributed by atoms with Crippen molar-refractivity contribution in [2.45, 2.75) is 20.4 Å². The largest absolute Gasteiger partial charge is 0.326 e. The summed E-state index contributed by atoms with van der Waals surface area (Å²) < 4.78 is 15.0. The highest BCUT2D eigenvalue weighted by Gasteiger charge is 2.17. The Morgan fingerprint density at radius 2 is 1.67 bits per heavy atom. The van der Waals surface area contributed by atoms with Gasteiger partial charge in [0.1, 0.15) is 10.6 Å². The molecule has 0 unspecified atom stereocenters. The van der Waals surface area contributed by atoms with Crippen molar-refractivity contribution in [3.8, 4) is 0 Å². The van der Waals surface area contributed by atoms with E-state index in [1.807, 2.05) is 17.7 Å². The molecular weight excluding hydrogens is 403 g/mol. The van der Waals surface area contributed by atoms with Crippen molar-refractivity contribution in [1.29, 1.82) is 0 Å². The number of aryl methyl sites for hydroxylation is 1. The molecule has 6 nitrogen and oxygen atoms in total. The van der Waals surface area contributed by atoms with Crippen LogP contribution >= 0.6 is 11.3 Å². The van der Waals surface area contributed by atoms with E-state index in [2.05, 4.69) is 15.7 Å². The first-order valence-electron chi connectivity index (χ1n) is 9.29. The van der Waals surface area contributed by atoms with Crippen molar-refractivity contribution in [1.82, 2.24) is 9.78 Å². The average Bonchev–Trinajstić information content (AvgIpc) is 3.26. The fourth-order valence-corrected chi connectivity index (χ4v) is 4.18. The molecule has 0 aliphatic heterocycles. The average molecular weight is 422 g/mol. The molecule has 0 spiro atoms. The first-order valence-corrected chi connectivity index (χ1v) is 10.1. The smallest absolute Gasteiger partial charge is 0.265 e. The Hall–Kier alpha value is -3.52. The number of carbonyl (C=O) groups excluding carboxylic acids is 2. The number of hydrogen-bond donors (Lipinski definition) is 2. The molecule has 8 heteroatoms. The van der Waals surface area contributed by atoms with Crippen LogP contribution in [0.2, 0.25) is 0 Å². The predicted octanol–water partition coefficient (Wildman–Crippen LogP) is 4.80. The summed E-state index contributed by atoms with van der Waals surface area (Å²) in [5.74, 6) is -0.640. The molecule has 0 bridgehead atoms. The summed E-state index contributed by atoms with van der Waals surface area (Å²) in [4.78, 5) is 25.3. The molecule has 2 aromatic heterocycles. The number of rotatable bonds is 5. The zero-order chi connectivity index (χ0) is 21.3. The van der Waals surface area contributed by atoms with Crippen LogP contribution in [0, 0.1) is 12.7 Å². The van der Waals surface area contributed by atoms with Crippen LogP contribution in [0.5, 0.6) is 0 Å². The van der Waals surface area contributed by atoms with Crippen LogP contribution in [0.15, 0.2) is 54.6 Å². The molecule has 0 aliphatic carbocycles. The van der Waals surface area contributed by atoms with Gasteiger partial charge in [-0.15, -0.1) is 11.3 Å². The van der Waals surface area contributed by atoms with E-state index in [-0.39, 0.29) is 17.6 Å². The molecule has 4 aromatic rings. The number of thiophene rings is 1. The summed E-state index contributed by atoms with van der Waals surface area (Å²) in [7, 11) is 0. The van der Waals surface area contributed by atoms with E-state index in [0.717, 1.165) is 21.5 Å². The number of aromatic nitrogens is 2. The minimum absolute atomic E-state index is 0.151. The SMILES string of the molecule is CC(=O)Nc1ccc(NC(=O)c2cc3c(C)nn(Cc4ccc(F)cc4)c3s2)cc1. The van der Waals surface area contributed by atoms with E-state index in [9.17, 15) is 14.0 Å². The van der Waals surface area contributed by atoms with Gasteiger partial charge in [-0.05, 0) is 55.0 Å². The number of nitrogens with one attached hydrogen (secondary N) is 2. The number of fused-ring (bicyclic) bond motifs is 1. The minimum atomic E-state index is -0.277. The molecule has 0 saturated carbocycles. The zero-order valence-electron chi connectivity index (χ0n) is 16.4. The highest BCUT2D eigenvalue weighted by atomic mass is 32.1. The first-order chi connectivity index (χ1) is 14.4. The lowest BCUT2D eigenvalue weighted by Crippen LogP contribution is -2.10. The van der Waals surface area contributed by atoms with Crippen LogP contribution in [0.1, 0.15) is 27.9 Å². The molecule has 0 radical (unpaired) electrons. The fraction of sp³-hybridized carbons (Fsp3) is 0.136. The van der Waals surface area contributed by atoms with Crippen LogP contribution in [0.3, 0.4) is 0 Å². The molecule has 30 heavy (non-hydrogen) atoms. The van der Waals surface area contributed by atoms with Crippen molar-refractivity contribution in [2.24, 2.45) is 0 Å². The van der Waals surface area contributed by atoms with Crippen LogP contribution in [0.4, 0.5) is 15.8 Å². The van der Waals surface area contributed by atoms with Gasteiger partial charge in [0.05, 0.1) is 17.1 Å². The van der Waals surface area contributed by atoms with Gasteiger partial charge in [0.25, 0.3) is 5.91 Å². The van der Waals surface area contributed by atoms with E-state index in [1.54, 1.807) is 36.4 Å². The summed E-state index contributed by atoms with van der Waals surface area (Å²) in [6.45, 7) is 3.84. The second-order valence-electron chi connectivity index (χ2n) is 6.91. The van der Waals surface area contributed by atoms with Gasteiger partial charge in [-0.25, -0.2) is 4.39 Å². The van der Waals surface area contributed by atoms with Crippen LogP contribution in [-0.2, 0) is 11.3 Å². The fourth-order valence-electron chi connectivity index (χ4n) is 3.13. The monoisotopic (exact) mass is 422 g/mol. The Balaban J connectivity index is 1.53. The Morgan fingerprint density at radius 1 is 1.03 bits per heavy atom. The number of carbonyl (C=O) groups is 2. The third kappa shape index (κ3) is 4.23. The minimum Gasteiger partial charge on any atom is -0.326 e. The Morgan fingerprint density at radius 3 is 2.30 bits per heavy atom. The normalized spacial score (nSPS) is 10.9. The van der Waals surface area contributed by atoms with Gasteiger partial charge in [-0.2, -0.15) is 5.10 Å². The number of nitrogens with zero attached hydrogens (tertiary/aromatic N) is 2. The van der Waals surface area contributed by atoms with E-state index in [4.69, 9.17) is 0 Å². The third-order valence-electron chi connectivity index (χ3n) is 4.54. The van der Waals surface area contributed by atoms with Crippen LogP contribution < -0.4 is 10.6 Å². The quantitative estimate of drug-likeness (QED) is 0.485. The molecule has 0 atom stereocenters. The number of halogens is 1. The van der Waals surface area contributed by atoms with Gasteiger partial charge in [0.15, 0.2) is 0 Å². The molecule has 2 heterocycles. The maximum Gasteiger partial charge on any atom is 0.265 e. The molecule has 2 amide bonds. The standard InChI is InChI=1S/C22H19FN4O2S/c1-13-19-11-20(21(29)25-18-9-7-17(8-10-18)24-14(2)28)30-22(19)27(26-13)12-15-3-5-16(23)6-4-15/h3-11H,12H2,1-2H3,(H,24,28)(H,25,29). The van der Waals surface area contributed by atoms with Gasteiger partial charge in [0, 0.05) is 23.7 Å². The summed E-state index contributed by atoms with van der Waals surface area (Å²) >= 11 is 1.36. The number of anilines is 2.